The number of carbonyl (C=O) groups excluding carboxylic acids is 1. The summed E-state index contributed by atoms with van der Waals surface area (Å²) in [5.74, 6) is -1.54. The molecule has 3 atom stereocenters. The summed E-state index contributed by atoms with van der Waals surface area (Å²) in [6.45, 7) is 0. The fourth-order valence-corrected chi connectivity index (χ4v) is 3.90. The van der Waals surface area contributed by atoms with Gasteiger partial charge in [0.05, 0.1) is 7.11 Å². The number of rotatable bonds is 3. The van der Waals surface area contributed by atoms with E-state index in [4.69, 9.17) is 4.74 Å². The number of hydrogen-bond acceptors (Lipinski definition) is 2. The minimum Gasteiger partial charge on any atom is -0.496 e. The van der Waals surface area contributed by atoms with E-state index in [9.17, 15) is 13.6 Å². The second-order valence-corrected chi connectivity index (χ2v) is 5.95. The first-order valence-electron chi connectivity index (χ1n) is 7.44. The lowest BCUT2D eigenvalue weighted by atomic mass is 9.97. The summed E-state index contributed by atoms with van der Waals surface area (Å²) in [5, 5.41) is 2.88. The average Bonchev–Trinajstić information content (AvgIpc) is 3.06. The Morgan fingerprint density at radius 1 is 1.24 bits per heavy atom. The molecule has 2 fully saturated rings. The Kier molecular flexibility index (Phi) is 3.83. The van der Waals surface area contributed by atoms with Crippen LogP contribution in [0.15, 0.2) is 12.1 Å². The minimum absolute atomic E-state index is 0.0624. The molecule has 0 radical (unpaired) electrons. The maximum Gasteiger partial charge on any atom is 0.258 e. The third-order valence-electron chi connectivity index (χ3n) is 4.90. The smallest absolute Gasteiger partial charge is 0.258 e. The van der Waals surface area contributed by atoms with Gasteiger partial charge in [-0.1, -0.05) is 12.8 Å². The molecule has 1 aromatic carbocycles. The zero-order valence-electron chi connectivity index (χ0n) is 12.0. The molecular formula is C16H19F2NO2. The Bertz CT molecular complexity index is 561. The molecule has 114 valence electrons. The molecule has 5 heteroatoms. The largest absolute Gasteiger partial charge is 0.496 e. The van der Waals surface area contributed by atoms with Crippen molar-refractivity contribution in [1.29, 1.82) is 0 Å². The second-order valence-electron chi connectivity index (χ2n) is 5.95. The van der Waals surface area contributed by atoms with Crippen LogP contribution in [0.1, 0.15) is 42.5 Å². The van der Waals surface area contributed by atoms with Gasteiger partial charge in [-0.15, -0.1) is 0 Å². The topological polar surface area (TPSA) is 38.3 Å². The Morgan fingerprint density at radius 3 is 2.81 bits per heavy atom. The summed E-state index contributed by atoms with van der Waals surface area (Å²) in [7, 11) is 1.34. The molecule has 3 rings (SSSR count). The minimum atomic E-state index is -1.15. The van der Waals surface area contributed by atoms with Crippen molar-refractivity contribution in [1.82, 2.24) is 5.32 Å². The fourth-order valence-electron chi connectivity index (χ4n) is 3.90. The molecule has 0 aliphatic heterocycles. The Labute approximate surface area is 122 Å². The molecule has 2 aliphatic carbocycles. The van der Waals surface area contributed by atoms with Crippen LogP contribution in [0.3, 0.4) is 0 Å². The number of ether oxygens (including phenoxy) is 1. The van der Waals surface area contributed by atoms with E-state index in [1.165, 1.54) is 26.0 Å². The first kappa shape index (κ1) is 14.3. The summed E-state index contributed by atoms with van der Waals surface area (Å²) in [4.78, 5) is 12.3. The van der Waals surface area contributed by atoms with E-state index in [0.29, 0.717) is 11.8 Å². The molecule has 0 unspecified atom stereocenters. The van der Waals surface area contributed by atoms with Gasteiger partial charge in [-0.3, -0.25) is 4.79 Å². The van der Waals surface area contributed by atoms with Gasteiger partial charge in [-0.25, -0.2) is 8.78 Å². The second kappa shape index (κ2) is 5.62. The van der Waals surface area contributed by atoms with Crippen molar-refractivity contribution < 1.29 is 18.3 Å². The number of halogens is 2. The van der Waals surface area contributed by atoms with Crippen molar-refractivity contribution in [2.45, 2.75) is 38.1 Å². The Morgan fingerprint density at radius 2 is 2.05 bits per heavy atom. The lowest BCUT2D eigenvalue weighted by Gasteiger charge is -2.21. The van der Waals surface area contributed by atoms with E-state index in [1.54, 1.807) is 0 Å². The molecule has 0 heterocycles. The Hall–Kier alpha value is -1.65. The number of carbonyl (C=O) groups is 1. The first-order chi connectivity index (χ1) is 10.1. The molecular weight excluding hydrogens is 276 g/mol. The van der Waals surface area contributed by atoms with Crippen LogP contribution in [-0.4, -0.2) is 19.1 Å². The predicted molar refractivity (Wildman–Crippen MR) is 74.2 cm³/mol. The van der Waals surface area contributed by atoms with Crippen molar-refractivity contribution in [3.63, 3.8) is 0 Å². The molecule has 1 amide bonds. The van der Waals surface area contributed by atoms with Crippen LogP contribution in [0.5, 0.6) is 5.75 Å². The molecule has 3 nitrogen and oxygen atoms in total. The summed E-state index contributed by atoms with van der Waals surface area (Å²) in [5.41, 5.74) is -0.334. The molecule has 0 spiro atoms. The highest BCUT2D eigenvalue weighted by Gasteiger charge is 2.40. The zero-order chi connectivity index (χ0) is 15.0. The third-order valence-corrected chi connectivity index (χ3v) is 4.90. The molecule has 0 saturated heterocycles. The van der Waals surface area contributed by atoms with E-state index in [1.807, 2.05) is 0 Å². The molecule has 2 aliphatic rings. The highest BCUT2D eigenvalue weighted by molar-refractivity contribution is 5.97. The van der Waals surface area contributed by atoms with Crippen LogP contribution < -0.4 is 10.1 Å². The predicted octanol–water partition coefficient (Wildman–Crippen LogP) is 3.28. The summed E-state index contributed by atoms with van der Waals surface area (Å²) >= 11 is 0. The number of benzene rings is 1. The van der Waals surface area contributed by atoms with Gasteiger partial charge in [0.1, 0.15) is 11.3 Å². The van der Waals surface area contributed by atoms with Gasteiger partial charge >= 0.3 is 0 Å². The standard InChI is InChI=1S/C16H19F2NO2/c1-21-13-8-6-11(17)15(18)14(13)16(20)19-12-7-5-9-3-2-4-10(9)12/h6,8-10,12H,2-5,7H2,1H3,(H,19,20)/t9-,10-,12-/m1/s1. The zero-order valence-corrected chi connectivity index (χ0v) is 12.0. The van der Waals surface area contributed by atoms with Crippen molar-refractivity contribution in [2.24, 2.45) is 11.8 Å². The van der Waals surface area contributed by atoms with Crippen LogP contribution >= 0.6 is 0 Å². The highest BCUT2D eigenvalue weighted by Crippen LogP contribution is 2.44. The Balaban J connectivity index is 1.81. The molecule has 0 bridgehead atoms. The van der Waals surface area contributed by atoms with Crippen molar-refractivity contribution in [2.75, 3.05) is 7.11 Å². The van der Waals surface area contributed by atoms with E-state index in [2.05, 4.69) is 5.32 Å². The molecule has 1 aromatic rings. The van der Waals surface area contributed by atoms with E-state index >= 15 is 0 Å². The van der Waals surface area contributed by atoms with Gasteiger partial charge in [-0.2, -0.15) is 0 Å². The lowest BCUT2D eigenvalue weighted by Crippen LogP contribution is -2.38. The maximum atomic E-state index is 13.9. The number of nitrogens with one attached hydrogen (secondary N) is 1. The van der Waals surface area contributed by atoms with E-state index in [-0.39, 0.29) is 17.4 Å². The summed E-state index contributed by atoms with van der Waals surface area (Å²) in [6.07, 6.45) is 5.55. The number of amides is 1. The molecule has 2 saturated carbocycles. The monoisotopic (exact) mass is 295 g/mol. The van der Waals surface area contributed by atoms with Crippen LogP contribution in [0, 0.1) is 23.5 Å². The van der Waals surface area contributed by atoms with Crippen LogP contribution in [0.2, 0.25) is 0 Å². The maximum absolute atomic E-state index is 13.9. The third kappa shape index (κ3) is 2.49. The van der Waals surface area contributed by atoms with Gasteiger partial charge in [0.25, 0.3) is 5.91 Å². The number of fused-ring (bicyclic) bond motifs is 1. The van der Waals surface area contributed by atoms with Gasteiger partial charge in [0, 0.05) is 6.04 Å². The van der Waals surface area contributed by atoms with Crippen molar-refractivity contribution >= 4 is 5.91 Å². The van der Waals surface area contributed by atoms with Crippen molar-refractivity contribution in [3.05, 3.63) is 29.3 Å². The van der Waals surface area contributed by atoms with E-state index < -0.39 is 17.5 Å². The fraction of sp³-hybridized carbons (Fsp3) is 0.562. The number of hydrogen-bond donors (Lipinski definition) is 1. The van der Waals surface area contributed by atoms with Gasteiger partial charge in [0.2, 0.25) is 0 Å². The highest BCUT2D eigenvalue weighted by atomic mass is 19.2. The summed E-state index contributed by atoms with van der Waals surface area (Å²) < 4.78 is 32.3. The molecule has 0 aromatic heterocycles. The van der Waals surface area contributed by atoms with Gasteiger partial charge in [0.15, 0.2) is 11.6 Å². The SMILES string of the molecule is COc1ccc(F)c(F)c1C(=O)N[C@@H]1CC[C@H]2CCC[C@H]21. The average molecular weight is 295 g/mol. The van der Waals surface area contributed by atoms with Crippen LogP contribution in [-0.2, 0) is 0 Å². The molecule has 21 heavy (non-hydrogen) atoms. The molecule has 1 N–H and O–H groups in total. The summed E-state index contributed by atoms with van der Waals surface area (Å²) in [6, 6.07) is 2.31. The van der Waals surface area contributed by atoms with Gasteiger partial charge < -0.3 is 10.1 Å². The van der Waals surface area contributed by atoms with Gasteiger partial charge in [-0.05, 0) is 43.2 Å². The lowest BCUT2D eigenvalue weighted by molar-refractivity contribution is 0.0918. The van der Waals surface area contributed by atoms with E-state index in [0.717, 1.165) is 25.3 Å². The normalized spacial score (nSPS) is 27.5. The number of methoxy groups -OCH3 is 1. The van der Waals surface area contributed by atoms with Crippen LogP contribution in [0.25, 0.3) is 0 Å². The van der Waals surface area contributed by atoms with Crippen molar-refractivity contribution in [3.8, 4) is 5.75 Å². The van der Waals surface area contributed by atoms with Crippen LogP contribution in [0.4, 0.5) is 8.78 Å². The first-order valence-corrected chi connectivity index (χ1v) is 7.44. The quantitative estimate of drug-likeness (QED) is 0.929.